The third-order valence-corrected chi connectivity index (χ3v) is 3.13. The van der Waals surface area contributed by atoms with Gasteiger partial charge in [-0.3, -0.25) is 9.59 Å². The number of hydrogen-bond donors (Lipinski definition) is 0. The minimum absolute atomic E-state index is 0.116. The summed E-state index contributed by atoms with van der Waals surface area (Å²) in [4.78, 5) is 34.4. The number of benzene rings is 1. The normalized spacial score (nSPS) is 22.2. The second-order valence-electron chi connectivity index (χ2n) is 4.31. The molecule has 100 valence electrons. The lowest BCUT2D eigenvalue weighted by molar-refractivity contribution is -0.149. The molecule has 1 fully saturated rings. The van der Waals surface area contributed by atoms with Crippen molar-refractivity contribution in [2.45, 2.75) is 24.9 Å². The monoisotopic (exact) mass is 262 g/mol. The van der Waals surface area contributed by atoms with Crippen LogP contribution >= 0.6 is 0 Å². The molecule has 2 rings (SSSR count). The highest BCUT2D eigenvalue weighted by Gasteiger charge is 2.44. The number of carbonyl (C=O) groups is 3. The van der Waals surface area contributed by atoms with E-state index < -0.39 is 23.8 Å². The molecule has 5 heteroatoms. The molecule has 19 heavy (non-hydrogen) atoms. The predicted octanol–water partition coefficient (Wildman–Crippen LogP) is 1.22. The molecule has 1 aliphatic rings. The average molecular weight is 262 g/mol. The number of carbonyl (C=O) groups excluding carboxylic acids is 3. The van der Waals surface area contributed by atoms with Crippen molar-refractivity contribution in [3.63, 3.8) is 0 Å². The number of Topliss-reactive ketones (excluding diaryl/α,β-unsaturated/α-hetero) is 1. The van der Waals surface area contributed by atoms with E-state index in [-0.39, 0.29) is 18.8 Å². The summed E-state index contributed by atoms with van der Waals surface area (Å²) >= 11 is 0. The fraction of sp³-hybridized carbons (Fsp3) is 0.357. The van der Waals surface area contributed by atoms with Crippen molar-refractivity contribution >= 4 is 17.7 Å². The molecule has 2 atom stereocenters. The number of cyclic esters (lactones) is 1. The first kappa shape index (κ1) is 13.3. The molecule has 0 saturated carbocycles. The summed E-state index contributed by atoms with van der Waals surface area (Å²) in [6.07, 6.45) is -0.198. The fourth-order valence-corrected chi connectivity index (χ4v) is 2.17. The van der Waals surface area contributed by atoms with Crippen molar-refractivity contribution in [1.82, 2.24) is 0 Å². The van der Waals surface area contributed by atoms with E-state index in [9.17, 15) is 14.4 Å². The van der Waals surface area contributed by atoms with Gasteiger partial charge in [0.25, 0.3) is 5.78 Å². The maximum Gasteiger partial charge on any atom is 0.375 e. The molecule has 1 aromatic rings. The molecule has 1 heterocycles. The Kier molecular flexibility index (Phi) is 3.94. The maximum atomic E-state index is 11.8. The summed E-state index contributed by atoms with van der Waals surface area (Å²) in [6.45, 7) is 0. The van der Waals surface area contributed by atoms with Crippen molar-refractivity contribution in [2.24, 2.45) is 0 Å². The van der Waals surface area contributed by atoms with Crippen molar-refractivity contribution in [2.75, 3.05) is 7.11 Å². The molecule has 1 saturated heterocycles. The van der Waals surface area contributed by atoms with Gasteiger partial charge in [-0.1, -0.05) is 30.3 Å². The highest BCUT2D eigenvalue weighted by atomic mass is 16.6. The van der Waals surface area contributed by atoms with E-state index in [1.165, 1.54) is 7.11 Å². The molecule has 0 aromatic heterocycles. The lowest BCUT2D eigenvalue weighted by atomic mass is 9.89. The Hall–Kier alpha value is -2.17. The fourth-order valence-electron chi connectivity index (χ4n) is 2.17. The van der Waals surface area contributed by atoms with Crippen molar-refractivity contribution in [1.29, 1.82) is 0 Å². The van der Waals surface area contributed by atoms with E-state index in [4.69, 9.17) is 4.74 Å². The molecule has 1 aromatic carbocycles. The van der Waals surface area contributed by atoms with Gasteiger partial charge in [0.1, 0.15) is 6.10 Å². The first-order chi connectivity index (χ1) is 9.13. The van der Waals surface area contributed by atoms with Crippen molar-refractivity contribution in [3.8, 4) is 0 Å². The Balaban J connectivity index is 2.15. The van der Waals surface area contributed by atoms with Crippen LogP contribution in [0.2, 0.25) is 0 Å². The van der Waals surface area contributed by atoms with Crippen molar-refractivity contribution in [3.05, 3.63) is 35.9 Å². The highest BCUT2D eigenvalue weighted by molar-refractivity contribution is 6.37. The summed E-state index contributed by atoms with van der Waals surface area (Å²) in [6, 6.07) is 8.96. The standard InChI is InChI=1S/C14H14O5/c1-18-11(15)8-7-10-12(13(16)14(17)19-10)9-5-3-2-4-6-9/h2-6,10,12H,7-8H2,1H3. The zero-order chi connectivity index (χ0) is 13.8. The van der Waals surface area contributed by atoms with Gasteiger partial charge in [-0.15, -0.1) is 0 Å². The average Bonchev–Trinajstić information content (AvgIpc) is 2.72. The van der Waals surface area contributed by atoms with Crippen molar-refractivity contribution < 1.29 is 23.9 Å². The number of hydrogen-bond acceptors (Lipinski definition) is 5. The molecule has 2 unspecified atom stereocenters. The number of ketones is 1. The van der Waals surface area contributed by atoms with Crippen LogP contribution in [0.4, 0.5) is 0 Å². The van der Waals surface area contributed by atoms with E-state index in [0.717, 1.165) is 5.56 Å². The van der Waals surface area contributed by atoms with Gasteiger partial charge in [0.05, 0.1) is 13.0 Å². The molecular formula is C14H14O5. The zero-order valence-corrected chi connectivity index (χ0v) is 10.5. The van der Waals surface area contributed by atoms with Crippen LogP contribution in [-0.2, 0) is 23.9 Å². The van der Waals surface area contributed by atoms with E-state index in [2.05, 4.69) is 4.74 Å². The molecule has 0 spiro atoms. The number of methoxy groups -OCH3 is 1. The molecule has 0 aliphatic carbocycles. The van der Waals surface area contributed by atoms with Gasteiger partial charge in [0.15, 0.2) is 0 Å². The van der Waals surface area contributed by atoms with Crippen LogP contribution in [0.1, 0.15) is 24.3 Å². The Morgan fingerprint density at radius 2 is 1.95 bits per heavy atom. The quantitative estimate of drug-likeness (QED) is 0.602. The third kappa shape index (κ3) is 2.81. The maximum absolute atomic E-state index is 11.8. The third-order valence-electron chi connectivity index (χ3n) is 3.13. The Morgan fingerprint density at radius 1 is 1.26 bits per heavy atom. The number of esters is 2. The van der Waals surface area contributed by atoms with E-state index in [1.807, 2.05) is 6.07 Å². The SMILES string of the molecule is COC(=O)CCC1OC(=O)C(=O)C1c1ccccc1. The van der Waals surface area contributed by atoms with Crippen LogP contribution in [0.15, 0.2) is 30.3 Å². The molecule has 0 radical (unpaired) electrons. The first-order valence-corrected chi connectivity index (χ1v) is 6.00. The van der Waals surface area contributed by atoms with Gasteiger partial charge >= 0.3 is 11.9 Å². The Labute approximate surface area is 110 Å². The van der Waals surface area contributed by atoms with Crippen LogP contribution in [-0.4, -0.2) is 30.9 Å². The summed E-state index contributed by atoms with van der Waals surface area (Å²) < 4.78 is 9.58. The lowest BCUT2D eigenvalue weighted by Gasteiger charge is -2.15. The molecular weight excluding hydrogens is 248 g/mol. The predicted molar refractivity (Wildman–Crippen MR) is 65.3 cm³/mol. The smallest absolute Gasteiger partial charge is 0.375 e. The van der Waals surface area contributed by atoms with Crippen LogP contribution in [0.5, 0.6) is 0 Å². The van der Waals surface area contributed by atoms with Gasteiger partial charge in [-0.25, -0.2) is 4.79 Å². The largest absolute Gasteiger partial charge is 0.469 e. The van der Waals surface area contributed by atoms with E-state index in [0.29, 0.717) is 0 Å². The van der Waals surface area contributed by atoms with Gasteiger partial charge in [-0.2, -0.15) is 0 Å². The van der Waals surface area contributed by atoms with Crippen LogP contribution in [0.25, 0.3) is 0 Å². The molecule has 0 amide bonds. The molecule has 5 nitrogen and oxygen atoms in total. The molecule has 0 N–H and O–H groups in total. The second-order valence-corrected chi connectivity index (χ2v) is 4.31. The minimum atomic E-state index is -0.830. The molecule has 0 bridgehead atoms. The van der Waals surface area contributed by atoms with E-state index >= 15 is 0 Å². The minimum Gasteiger partial charge on any atom is -0.469 e. The van der Waals surface area contributed by atoms with E-state index in [1.54, 1.807) is 24.3 Å². The van der Waals surface area contributed by atoms with Gasteiger partial charge in [-0.05, 0) is 12.0 Å². The van der Waals surface area contributed by atoms with Gasteiger partial charge in [0.2, 0.25) is 0 Å². The summed E-state index contributed by atoms with van der Waals surface area (Å²) in [5.41, 5.74) is 0.730. The van der Waals surface area contributed by atoms with Crippen LogP contribution in [0, 0.1) is 0 Å². The van der Waals surface area contributed by atoms with Crippen LogP contribution < -0.4 is 0 Å². The van der Waals surface area contributed by atoms with Gasteiger partial charge < -0.3 is 9.47 Å². The Morgan fingerprint density at radius 3 is 2.58 bits per heavy atom. The highest BCUT2D eigenvalue weighted by Crippen LogP contribution is 2.32. The summed E-state index contributed by atoms with van der Waals surface area (Å²) in [5, 5.41) is 0. The van der Waals surface area contributed by atoms with Crippen LogP contribution in [0.3, 0.4) is 0 Å². The second kappa shape index (κ2) is 5.65. The first-order valence-electron chi connectivity index (χ1n) is 6.00. The lowest BCUT2D eigenvalue weighted by Crippen LogP contribution is -2.20. The zero-order valence-electron chi connectivity index (χ0n) is 10.5. The molecule has 1 aliphatic heterocycles. The number of ether oxygens (including phenoxy) is 2. The summed E-state index contributed by atoms with van der Waals surface area (Å²) in [7, 11) is 1.29. The number of rotatable bonds is 4. The topological polar surface area (TPSA) is 69.7 Å². The summed E-state index contributed by atoms with van der Waals surface area (Å²) in [5.74, 6) is -2.40. The van der Waals surface area contributed by atoms with Gasteiger partial charge in [0, 0.05) is 6.42 Å². The Bertz CT molecular complexity index is 494.